The molecule has 0 unspecified atom stereocenters. The van der Waals surface area contributed by atoms with E-state index in [2.05, 4.69) is 141 Å². The molecule has 140 heavy (non-hydrogen) atoms. The lowest BCUT2D eigenvalue weighted by Crippen LogP contribution is -2.17. The number of carbonyl (C=O) groups excluding carboxylic acids is 5. The van der Waals surface area contributed by atoms with E-state index in [0.717, 1.165) is 28.7 Å². The number of halogens is 15. The number of ether oxygens (including phenoxy) is 6. The number of hydrogen-bond donors (Lipinski definition) is 10. The summed E-state index contributed by atoms with van der Waals surface area (Å²) in [4.78, 5) is 87.9. The summed E-state index contributed by atoms with van der Waals surface area (Å²) in [6, 6.07) is 25.8. The number of H-pyrrole nitrogens is 5. The van der Waals surface area contributed by atoms with Crippen LogP contribution in [0, 0.1) is 0 Å². The zero-order valence-electron chi connectivity index (χ0n) is 70.1. The molecule has 0 spiro atoms. The third kappa shape index (κ3) is 22.6. The molecule has 0 saturated heterocycles. The largest absolute Gasteiger partial charge is 0.434 e. The molecule has 1 aliphatic heterocycles. The van der Waals surface area contributed by atoms with Crippen molar-refractivity contribution in [2.75, 3.05) is 26.6 Å². The average molecular weight is 2020 g/mol. The van der Waals surface area contributed by atoms with Crippen LogP contribution in [0.1, 0.15) is 74.4 Å². The quantitative estimate of drug-likeness (QED) is 0.0238. The van der Waals surface area contributed by atoms with E-state index in [0.29, 0.717) is 72.5 Å². The Morgan fingerprint density at radius 1 is 0.407 bits per heavy atom. The zero-order valence-corrected chi connectivity index (χ0v) is 73.9. The van der Waals surface area contributed by atoms with Crippen LogP contribution in [0.15, 0.2) is 225 Å². The van der Waals surface area contributed by atoms with Crippen molar-refractivity contribution in [3.05, 3.63) is 296 Å². The number of rotatable bonds is 25. The van der Waals surface area contributed by atoms with E-state index in [9.17, 15) is 67.9 Å². The monoisotopic (exact) mass is 2020 g/mol. The fourth-order valence-corrected chi connectivity index (χ4v) is 14.8. The lowest BCUT2D eigenvalue weighted by atomic mass is 10.1. The summed E-state index contributed by atoms with van der Waals surface area (Å²) in [5.74, 6) is -3.11. The van der Waals surface area contributed by atoms with E-state index in [1.165, 1.54) is 176 Å². The van der Waals surface area contributed by atoms with Gasteiger partial charge in [-0.3, -0.25) is 73.8 Å². The Morgan fingerprint density at radius 3 is 1.27 bits per heavy atom. The summed E-state index contributed by atoms with van der Waals surface area (Å²) in [6.45, 7) is -14.4. The van der Waals surface area contributed by atoms with Gasteiger partial charge in [-0.2, -0.15) is 74.5 Å². The van der Waals surface area contributed by atoms with Gasteiger partial charge >= 0.3 is 33.1 Å². The number of hydrogen-bond acceptors (Lipinski definition) is 25. The fourth-order valence-electron chi connectivity index (χ4n) is 13.9. The molecule has 0 fully saturated rings. The van der Waals surface area contributed by atoms with Gasteiger partial charge < -0.3 is 59.5 Å². The van der Waals surface area contributed by atoms with Crippen LogP contribution in [-0.2, 0) is 24.4 Å². The summed E-state index contributed by atoms with van der Waals surface area (Å²) in [5, 5.41) is 55.5. The van der Waals surface area contributed by atoms with E-state index < -0.39 is 62.6 Å². The molecule has 18 aromatic rings. The first-order chi connectivity index (χ1) is 67.6. The van der Waals surface area contributed by atoms with Crippen LogP contribution in [0.25, 0.3) is 84.6 Å². The fraction of sp³-hybridized carbons (Fsp3) is 0.0909. The van der Waals surface area contributed by atoms with Crippen LogP contribution in [0.3, 0.4) is 0 Å². The normalized spacial score (nSPS) is 11.7. The number of aromatic amines is 5. The first kappa shape index (κ1) is 96.2. The van der Waals surface area contributed by atoms with Crippen LogP contribution in [-0.4, -0.2) is 163 Å². The highest BCUT2D eigenvalue weighted by Crippen LogP contribution is 2.44. The summed E-state index contributed by atoms with van der Waals surface area (Å²) >= 11 is 30.0. The predicted octanol–water partition coefficient (Wildman–Crippen LogP) is 19.9. The molecule has 2 aliphatic rings. The average Bonchev–Trinajstić information content (AvgIpc) is 1.75. The minimum absolute atomic E-state index is 0.0932. The second-order valence-electron chi connectivity index (χ2n) is 28.7. The second-order valence-corrected chi connectivity index (χ2v) is 30.8. The number of fused-ring (bicyclic) bond motifs is 5. The van der Waals surface area contributed by atoms with Crippen LogP contribution >= 0.6 is 58.0 Å². The van der Waals surface area contributed by atoms with Crippen molar-refractivity contribution in [3.8, 4) is 85.0 Å². The second kappa shape index (κ2) is 43.4. The highest BCUT2D eigenvalue weighted by Gasteiger charge is 2.30. The minimum atomic E-state index is -3.03. The van der Waals surface area contributed by atoms with Gasteiger partial charge in [0.2, 0.25) is 0 Å². The first-order valence-corrected chi connectivity index (χ1v) is 41.9. The number of benzene rings is 5. The van der Waals surface area contributed by atoms with Gasteiger partial charge in [-0.25, -0.2) is 14.5 Å². The summed E-state index contributed by atoms with van der Waals surface area (Å²) in [6.07, 6.45) is 29.6. The van der Waals surface area contributed by atoms with Crippen molar-refractivity contribution >= 4 is 144 Å². The van der Waals surface area contributed by atoms with Crippen molar-refractivity contribution < 1.29 is 101 Å². The number of aromatic nitrogens is 20. The number of allylic oxidation sites excluding steroid dienone is 1. The molecule has 0 radical (unpaired) electrons. The van der Waals surface area contributed by atoms with Crippen molar-refractivity contribution in [1.82, 2.24) is 100 Å². The molecule has 5 amide bonds. The molecular weight excluding hydrogens is 1970 g/mol. The number of anilines is 5. The predicted molar refractivity (Wildman–Crippen MR) is 486 cm³/mol. The Hall–Kier alpha value is -16.9. The molecular formula is C88H58Cl5F10N25O12. The van der Waals surface area contributed by atoms with Gasteiger partial charge in [0, 0.05) is 108 Å². The molecule has 0 saturated carbocycles. The van der Waals surface area contributed by atoms with Crippen LogP contribution < -0.4 is 50.3 Å². The van der Waals surface area contributed by atoms with Crippen LogP contribution in [0.5, 0.6) is 28.7 Å². The Labute approximate surface area is 801 Å². The summed E-state index contributed by atoms with van der Waals surface area (Å²) in [5.41, 5.74) is 10.1. The smallest absolute Gasteiger partial charge is 0.387 e. The van der Waals surface area contributed by atoms with Crippen molar-refractivity contribution in [1.29, 1.82) is 0 Å². The van der Waals surface area contributed by atoms with Gasteiger partial charge in [0.25, 0.3) is 35.3 Å². The molecule has 5 aromatic carbocycles. The minimum Gasteiger partial charge on any atom is -0.434 e. The number of imidazole rings is 1. The maximum Gasteiger partial charge on any atom is 0.387 e. The Balaban J connectivity index is 0.000000126. The number of carbonyl (C=O) groups is 5. The highest BCUT2D eigenvalue weighted by atomic mass is 35.5. The maximum absolute atomic E-state index is 12.8. The maximum atomic E-state index is 12.8. The molecule has 10 N–H and O–H groups in total. The number of nitrogens with zero attached hydrogens (tertiary/aromatic N) is 15. The van der Waals surface area contributed by atoms with E-state index in [1.807, 2.05) is 12.2 Å². The molecule has 1 aliphatic carbocycles. The molecule has 14 heterocycles. The summed E-state index contributed by atoms with van der Waals surface area (Å²) in [7, 11) is 0. The lowest BCUT2D eigenvalue weighted by Gasteiger charge is -2.12. The third-order valence-corrected chi connectivity index (χ3v) is 21.1. The van der Waals surface area contributed by atoms with Gasteiger partial charge in [0.1, 0.15) is 57.4 Å². The topological polar surface area (TPSA) is 469 Å². The molecule has 13 aromatic heterocycles. The van der Waals surface area contributed by atoms with Crippen molar-refractivity contribution in [2.24, 2.45) is 0 Å². The summed E-state index contributed by atoms with van der Waals surface area (Å²) < 4.78 is 163. The lowest BCUT2D eigenvalue weighted by molar-refractivity contribution is -0.0501. The third-order valence-electron chi connectivity index (χ3n) is 19.9. The Bertz CT molecular complexity index is 7450. The molecule has 712 valence electrons. The van der Waals surface area contributed by atoms with Crippen LogP contribution in [0.2, 0.25) is 25.1 Å². The van der Waals surface area contributed by atoms with E-state index in [1.54, 1.807) is 47.4 Å². The number of amides is 5. The number of pyridine rings is 3. The Kier molecular flexibility index (Phi) is 29.8. The zero-order chi connectivity index (χ0) is 98.4. The molecule has 20 rings (SSSR count). The van der Waals surface area contributed by atoms with Gasteiger partial charge in [0.05, 0.1) is 136 Å². The van der Waals surface area contributed by atoms with Gasteiger partial charge in [0.15, 0.2) is 5.65 Å². The van der Waals surface area contributed by atoms with Crippen molar-refractivity contribution in [3.63, 3.8) is 0 Å². The highest BCUT2D eigenvalue weighted by molar-refractivity contribution is 6.32. The van der Waals surface area contributed by atoms with E-state index >= 15 is 0 Å². The first-order valence-electron chi connectivity index (χ1n) is 40.0. The Morgan fingerprint density at radius 2 is 0.814 bits per heavy atom. The molecule has 52 heteroatoms. The number of nitrogens with one attached hydrogen (secondary N) is 10. The SMILES string of the molecule is O=C(Nc1cn[nH]c1-c1cc(Cl)ccc1OC(F)F)c1cncc2c1C=CC2.O=C(Nc1cn[nH]c1-c1cc(Cl)ccc1OC(F)F)c1cncc2c1COC2.O=C(Nc1cn[nH]c1-c1cc(Cl)ccc1OC(F)F)c1cncc2ccnn12.O=C(Nc1cn[nH]c1-c1cc(Cl)ccc1OC(F)F)c1cncn2ccnc12.O=C(Nc1cn[nH]c1-c1cc(Cl)ccc1OC(F)F)c1onc2cccnc12. The van der Waals surface area contributed by atoms with E-state index in [-0.39, 0.29) is 130 Å². The van der Waals surface area contributed by atoms with Gasteiger partial charge in [-0.1, -0.05) is 75.3 Å². The standard InChI is InChI=1S/C19H13ClF2N4O2.C18H13ClF2N4O3.2C17H11ClF2N6O2.C17H10ClF2N5O3/c20-11-4-5-16(28-19(21)22)13(6-11)17-15(9-24-26-17)25-18(27)14-8-23-7-10-2-1-3-12(10)14;19-10-1-2-15(28-18(20)21)11(3-10)16-14(6-23-25-16)24-17(26)12-5-22-4-9-7-27-8-13(9)12;18-9-1-2-13(28-17(19)20)10(5-9)14-12(7-23-25-14)24-16(27)11-6-21-8-26-4-3-22-15(11)26;18-9-1-2-14(28-17(19)20)11(5-9)15-12(7-22-25-15)24-16(27)13-8-21-6-10-3-4-23-26(10)13;18-8-3-4-12(27-17(19)20)9(6-8)13-11(7-22-24-13)23-16(26)15-14-10(25-28-15)2-1-5-21-14/h1,3-9,19H,2H2,(H,24,26)(H,25,27);1-6,18H,7-8H2,(H,23,25)(H,24,26);1-8,17H,(H,23,25)(H,24,27);1-8,17H,(H,22,25)(H,24,27);1-7,17H,(H,22,24)(H,23,26). The van der Waals surface area contributed by atoms with Crippen LogP contribution in [0.4, 0.5) is 72.3 Å². The number of alkyl halides is 10. The molecule has 37 nitrogen and oxygen atoms in total. The molecule has 0 atom stereocenters. The molecule has 0 bridgehead atoms. The van der Waals surface area contributed by atoms with E-state index in [4.69, 9.17) is 67.3 Å². The van der Waals surface area contributed by atoms with Gasteiger partial charge in [-0.15, -0.1) is 0 Å². The van der Waals surface area contributed by atoms with Crippen molar-refractivity contribution in [2.45, 2.75) is 52.7 Å². The van der Waals surface area contributed by atoms with Gasteiger partial charge in [-0.05, 0) is 132 Å².